The molecule has 0 aromatic carbocycles. The van der Waals surface area contributed by atoms with Gasteiger partial charge in [0.2, 0.25) is 15.9 Å². The Morgan fingerprint density at radius 3 is 2.87 bits per heavy atom. The van der Waals surface area contributed by atoms with Crippen molar-refractivity contribution in [1.82, 2.24) is 19.4 Å². The Morgan fingerprint density at radius 1 is 1.43 bits per heavy atom. The van der Waals surface area contributed by atoms with E-state index in [0.717, 1.165) is 0 Å². The van der Waals surface area contributed by atoms with E-state index in [-0.39, 0.29) is 17.3 Å². The van der Waals surface area contributed by atoms with Gasteiger partial charge in [0.1, 0.15) is 4.90 Å². The topological polar surface area (TPSA) is 84.3 Å². The molecule has 1 saturated heterocycles. The summed E-state index contributed by atoms with van der Waals surface area (Å²) in [5, 5.41) is 6.86. The highest BCUT2D eigenvalue weighted by Crippen LogP contribution is 2.38. The zero-order chi connectivity index (χ0) is 16.7. The molecule has 1 aromatic rings. The number of carbonyl (C=O) groups excluding carboxylic acids is 1. The molecule has 1 spiro atoms. The molecule has 1 fully saturated rings. The molecular formula is C15H22N4O3S. The minimum atomic E-state index is -3.63. The number of aryl methyl sites for hydroxylation is 1. The molecule has 1 atom stereocenters. The standard InChI is InChI=1S/C15H22N4O3S/c1-3-19-12(2)13(10-17-19)23(21,22)18-9-5-7-15(11-18)6-4-8-16-14(15)20/h4,8,10H,3,5-7,9,11H2,1-2H3,(H,16,20). The predicted octanol–water partition coefficient (Wildman–Crippen LogP) is 1.02. The Bertz CT molecular complexity index is 753. The van der Waals surface area contributed by atoms with Crippen molar-refractivity contribution in [2.75, 3.05) is 13.1 Å². The lowest BCUT2D eigenvalue weighted by Crippen LogP contribution is -2.53. The van der Waals surface area contributed by atoms with Gasteiger partial charge in [-0.2, -0.15) is 9.40 Å². The normalized spacial score (nSPS) is 25.7. The first-order valence-electron chi connectivity index (χ1n) is 7.89. The molecule has 126 valence electrons. The monoisotopic (exact) mass is 338 g/mol. The highest BCUT2D eigenvalue weighted by Gasteiger charge is 2.45. The van der Waals surface area contributed by atoms with Crippen LogP contribution < -0.4 is 5.32 Å². The van der Waals surface area contributed by atoms with E-state index in [4.69, 9.17) is 0 Å². The van der Waals surface area contributed by atoms with Crippen molar-refractivity contribution in [2.24, 2.45) is 5.41 Å². The van der Waals surface area contributed by atoms with Crippen LogP contribution in [0.2, 0.25) is 0 Å². The molecule has 1 N–H and O–H groups in total. The Hall–Kier alpha value is -1.67. The minimum Gasteiger partial charge on any atom is -0.332 e. The average Bonchev–Trinajstić information content (AvgIpc) is 2.92. The van der Waals surface area contributed by atoms with Gasteiger partial charge < -0.3 is 5.32 Å². The Balaban J connectivity index is 1.92. The van der Waals surface area contributed by atoms with E-state index in [1.165, 1.54) is 10.5 Å². The van der Waals surface area contributed by atoms with E-state index in [1.807, 2.05) is 13.0 Å². The Labute approximate surface area is 136 Å². The third-order valence-electron chi connectivity index (χ3n) is 4.84. The third kappa shape index (κ3) is 2.59. The number of aromatic nitrogens is 2. The first kappa shape index (κ1) is 16.2. The van der Waals surface area contributed by atoms with Gasteiger partial charge in [-0.3, -0.25) is 9.48 Å². The molecule has 2 aliphatic heterocycles. The van der Waals surface area contributed by atoms with Crippen molar-refractivity contribution in [2.45, 2.75) is 44.6 Å². The lowest BCUT2D eigenvalue weighted by atomic mass is 9.76. The van der Waals surface area contributed by atoms with Crippen molar-refractivity contribution in [3.8, 4) is 0 Å². The summed E-state index contributed by atoms with van der Waals surface area (Å²) in [6, 6.07) is 0. The molecule has 0 bridgehead atoms. The minimum absolute atomic E-state index is 0.0825. The van der Waals surface area contributed by atoms with Crippen LogP contribution >= 0.6 is 0 Å². The second kappa shape index (κ2) is 5.76. The van der Waals surface area contributed by atoms with Gasteiger partial charge in [-0.25, -0.2) is 8.42 Å². The molecule has 7 nitrogen and oxygen atoms in total. The maximum absolute atomic E-state index is 13.0. The van der Waals surface area contributed by atoms with Gasteiger partial charge in [-0.1, -0.05) is 6.08 Å². The molecule has 8 heteroatoms. The van der Waals surface area contributed by atoms with Crippen LogP contribution in [0.25, 0.3) is 0 Å². The number of amides is 1. The quantitative estimate of drug-likeness (QED) is 0.892. The summed E-state index contributed by atoms with van der Waals surface area (Å²) in [5.74, 6) is -0.0825. The van der Waals surface area contributed by atoms with Crippen molar-refractivity contribution < 1.29 is 13.2 Å². The van der Waals surface area contributed by atoms with Gasteiger partial charge in [-0.15, -0.1) is 0 Å². The zero-order valence-corrected chi connectivity index (χ0v) is 14.3. The fourth-order valence-electron chi connectivity index (χ4n) is 3.45. The highest BCUT2D eigenvalue weighted by molar-refractivity contribution is 7.89. The second-order valence-corrected chi connectivity index (χ2v) is 8.12. The lowest BCUT2D eigenvalue weighted by Gasteiger charge is -2.41. The van der Waals surface area contributed by atoms with Crippen molar-refractivity contribution >= 4 is 15.9 Å². The second-order valence-electron chi connectivity index (χ2n) is 6.21. The summed E-state index contributed by atoms with van der Waals surface area (Å²) in [7, 11) is -3.63. The lowest BCUT2D eigenvalue weighted by molar-refractivity contribution is -0.132. The molecule has 0 radical (unpaired) electrons. The van der Waals surface area contributed by atoms with Gasteiger partial charge in [0.25, 0.3) is 0 Å². The number of nitrogens with one attached hydrogen (secondary N) is 1. The first-order chi connectivity index (χ1) is 10.9. The van der Waals surface area contributed by atoms with E-state index in [9.17, 15) is 13.2 Å². The van der Waals surface area contributed by atoms with Crippen LogP contribution in [-0.4, -0.2) is 41.5 Å². The summed E-state index contributed by atoms with van der Waals surface area (Å²) in [6.45, 7) is 4.97. The summed E-state index contributed by atoms with van der Waals surface area (Å²) in [5.41, 5.74) is -0.00513. The smallest absolute Gasteiger partial charge is 0.246 e. The van der Waals surface area contributed by atoms with Crippen LogP contribution in [0.4, 0.5) is 0 Å². The van der Waals surface area contributed by atoms with Crippen LogP contribution in [-0.2, 0) is 21.4 Å². The van der Waals surface area contributed by atoms with Gasteiger partial charge >= 0.3 is 0 Å². The predicted molar refractivity (Wildman–Crippen MR) is 85.0 cm³/mol. The Morgan fingerprint density at radius 2 is 2.22 bits per heavy atom. The van der Waals surface area contributed by atoms with Gasteiger partial charge in [-0.05, 0) is 39.3 Å². The number of allylic oxidation sites excluding steroid dienone is 1. The van der Waals surface area contributed by atoms with Crippen LogP contribution in [0.5, 0.6) is 0 Å². The van der Waals surface area contributed by atoms with E-state index in [0.29, 0.717) is 38.0 Å². The van der Waals surface area contributed by atoms with Crippen molar-refractivity contribution in [3.63, 3.8) is 0 Å². The van der Waals surface area contributed by atoms with E-state index in [1.54, 1.807) is 17.8 Å². The SMILES string of the molecule is CCn1ncc(S(=O)(=O)N2CCCC3(CC=CNC3=O)C2)c1C. The van der Waals surface area contributed by atoms with Crippen molar-refractivity contribution in [1.29, 1.82) is 0 Å². The molecule has 1 unspecified atom stereocenters. The summed E-state index contributed by atoms with van der Waals surface area (Å²) in [4.78, 5) is 12.5. The molecule has 0 saturated carbocycles. The van der Waals surface area contributed by atoms with Gasteiger partial charge in [0, 0.05) is 19.6 Å². The molecule has 0 aliphatic carbocycles. The molecule has 2 aliphatic rings. The number of piperidine rings is 1. The number of rotatable bonds is 3. The third-order valence-corrected chi connectivity index (χ3v) is 6.79. The summed E-state index contributed by atoms with van der Waals surface area (Å²) >= 11 is 0. The van der Waals surface area contributed by atoms with Crippen molar-refractivity contribution in [3.05, 3.63) is 24.2 Å². The number of carbonyl (C=O) groups is 1. The van der Waals surface area contributed by atoms with Crippen LogP contribution in [0.15, 0.2) is 23.4 Å². The van der Waals surface area contributed by atoms with Crippen LogP contribution in [0, 0.1) is 12.3 Å². The number of nitrogens with zero attached hydrogens (tertiary/aromatic N) is 3. The molecule has 1 aromatic heterocycles. The van der Waals surface area contributed by atoms with Crippen LogP contribution in [0.3, 0.4) is 0 Å². The summed E-state index contributed by atoms with van der Waals surface area (Å²) < 4.78 is 29.1. The first-order valence-corrected chi connectivity index (χ1v) is 9.33. The molecule has 3 rings (SSSR count). The molecule has 1 amide bonds. The molecular weight excluding hydrogens is 316 g/mol. The fourth-order valence-corrected chi connectivity index (χ4v) is 5.18. The zero-order valence-electron chi connectivity index (χ0n) is 13.4. The summed E-state index contributed by atoms with van der Waals surface area (Å²) in [6.07, 6.45) is 6.92. The average molecular weight is 338 g/mol. The van der Waals surface area contributed by atoms with E-state index in [2.05, 4.69) is 10.4 Å². The molecule has 23 heavy (non-hydrogen) atoms. The van der Waals surface area contributed by atoms with Gasteiger partial charge in [0.05, 0.1) is 17.3 Å². The maximum Gasteiger partial charge on any atom is 0.246 e. The Kier molecular flexibility index (Phi) is 4.05. The van der Waals surface area contributed by atoms with E-state index < -0.39 is 15.4 Å². The highest BCUT2D eigenvalue weighted by atomic mass is 32.2. The van der Waals surface area contributed by atoms with Crippen LogP contribution in [0.1, 0.15) is 31.9 Å². The fraction of sp³-hybridized carbons (Fsp3) is 0.600. The van der Waals surface area contributed by atoms with Gasteiger partial charge in [0.15, 0.2) is 0 Å². The molecule has 3 heterocycles. The number of hydrogen-bond acceptors (Lipinski definition) is 4. The number of sulfonamides is 1. The van der Waals surface area contributed by atoms with E-state index >= 15 is 0 Å². The maximum atomic E-state index is 13.0. The largest absolute Gasteiger partial charge is 0.332 e. The number of hydrogen-bond donors (Lipinski definition) is 1.